The SMILES string of the molecule is c1ccc(COC2[C@H]3OC4(CCCCC4)O[C@H]3C(OCc3ccccc3)[C@@H]3OC4(CCCCC4)O[C@H]23)cc1. The summed E-state index contributed by atoms with van der Waals surface area (Å²) in [6, 6.07) is 20.7. The van der Waals surface area contributed by atoms with Gasteiger partial charge in [0.1, 0.15) is 36.6 Å². The van der Waals surface area contributed by atoms with Crippen LogP contribution in [0.1, 0.15) is 75.3 Å². The summed E-state index contributed by atoms with van der Waals surface area (Å²) in [6.07, 6.45) is 8.96. The van der Waals surface area contributed by atoms with Gasteiger partial charge in [0.15, 0.2) is 11.6 Å². The van der Waals surface area contributed by atoms with Gasteiger partial charge in [0, 0.05) is 25.7 Å². The summed E-state index contributed by atoms with van der Waals surface area (Å²) in [4.78, 5) is 0. The molecule has 7 rings (SSSR count). The van der Waals surface area contributed by atoms with E-state index in [4.69, 9.17) is 28.4 Å². The number of hydrogen-bond acceptors (Lipinski definition) is 6. The normalized spacial score (nSPS) is 35.3. The monoisotopic (exact) mass is 520 g/mol. The summed E-state index contributed by atoms with van der Waals surface area (Å²) in [5, 5.41) is 0. The fourth-order valence-corrected chi connectivity index (χ4v) is 7.27. The molecule has 204 valence electrons. The van der Waals surface area contributed by atoms with Gasteiger partial charge in [-0.25, -0.2) is 0 Å². The average Bonchev–Trinajstić information content (AvgIpc) is 3.50. The second kappa shape index (κ2) is 10.6. The zero-order chi connectivity index (χ0) is 25.4. The van der Waals surface area contributed by atoms with Crippen molar-refractivity contribution in [1.29, 1.82) is 0 Å². The molecule has 0 aromatic heterocycles. The van der Waals surface area contributed by atoms with Crippen molar-refractivity contribution in [2.75, 3.05) is 0 Å². The molecule has 2 aromatic carbocycles. The summed E-state index contributed by atoms with van der Waals surface area (Å²) in [5.41, 5.74) is 2.28. The maximum absolute atomic E-state index is 6.90. The maximum Gasteiger partial charge on any atom is 0.169 e. The van der Waals surface area contributed by atoms with Gasteiger partial charge in [-0.3, -0.25) is 0 Å². The Labute approximate surface area is 225 Å². The first-order valence-corrected chi connectivity index (χ1v) is 14.8. The van der Waals surface area contributed by atoms with E-state index >= 15 is 0 Å². The van der Waals surface area contributed by atoms with Crippen LogP contribution in [0.5, 0.6) is 0 Å². The van der Waals surface area contributed by atoms with Crippen molar-refractivity contribution in [2.24, 2.45) is 0 Å². The predicted octanol–water partition coefficient (Wildman–Crippen LogP) is 6.06. The topological polar surface area (TPSA) is 55.4 Å². The molecule has 0 N–H and O–H groups in total. The largest absolute Gasteiger partial charge is 0.368 e. The van der Waals surface area contributed by atoms with E-state index in [1.165, 1.54) is 12.8 Å². The molecule has 6 nitrogen and oxygen atoms in total. The van der Waals surface area contributed by atoms with Gasteiger partial charge in [-0.2, -0.15) is 0 Å². The van der Waals surface area contributed by atoms with Gasteiger partial charge in [-0.15, -0.1) is 0 Å². The molecule has 2 aromatic rings. The van der Waals surface area contributed by atoms with Crippen molar-refractivity contribution in [3.05, 3.63) is 71.8 Å². The van der Waals surface area contributed by atoms with Gasteiger partial charge in [0.05, 0.1) is 13.2 Å². The molecule has 5 fully saturated rings. The molecule has 0 radical (unpaired) electrons. The molecule has 4 atom stereocenters. The number of benzene rings is 2. The zero-order valence-electron chi connectivity index (χ0n) is 22.2. The second-order valence-corrected chi connectivity index (χ2v) is 11.8. The lowest BCUT2D eigenvalue weighted by Gasteiger charge is -2.42. The molecule has 5 aliphatic rings. The Hall–Kier alpha value is -1.80. The van der Waals surface area contributed by atoms with Crippen LogP contribution in [0.2, 0.25) is 0 Å². The number of rotatable bonds is 6. The summed E-state index contributed by atoms with van der Waals surface area (Å²) in [7, 11) is 0. The highest BCUT2D eigenvalue weighted by Gasteiger charge is 2.66. The Morgan fingerprint density at radius 1 is 0.500 bits per heavy atom. The minimum Gasteiger partial charge on any atom is -0.368 e. The first-order chi connectivity index (χ1) is 18.7. The summed E-state index contributed by atoms with van der Waals surface area (Å²) < 4.78 is 41.0. The van der Waals surface area contributed by atoms with Crippen molar-refractivity contribution in [3.8, 4) is 0 Å². The Morgan fingerprint density at radius 2 is 0.842 bits per heavy atom. The molecule has 6 heteroatoms. The summed E-state index contributed by atoms with van der Waals surface area (Å²) in [5.74, 6) is -1.12. The predicted molar refractivity (Wildman–Crippen MR) is 141 cm³/mol. The first-order valence-electron chi connectivity index (χ1n) is 14.8. The van der Waals surface area contributed by atoms with E-state index in [2.05, 4.69) is 48.5 Å². The zero-order valence-corrected chi connectivity index (χ0v) is 22.2. The molecule has 0 bridgehead atoms. The standard InChI is InChI=1S/C32H40O6/c1-5-13-23(14-6-1)21-33-25-27-29(37-31(35-27)17-9-3-10-18-31)26(34-22-24-15-7-2-8-16-24)30-28(25)36-32(38-30)19-11-4-12-20-32/h1-2,5-8,13-16,25-30H,3-4,9-12,17-22H2/t25?,26?,27-,28-,29+,30+. The number of ether oxygens (including phenoxy) is 6. The Kier molecular flexibility index (Phi) is 7.05. The van der Waals surface area contributed by atoms with E-state index in [0.29, 0.717) is 13.2 Å². The van der Waals surface area contributed by atoms with Crippen molar-refractivity contribution in [3.63, 3.8) is 0 Å². The molecule has 2 heterocycles. The fraction of sp³-hybridized carbons (Fsp3) is 0.625. The third kappa shape index (κ3) is 4.85. The van der Waals surface area contributed by atoms with Crippen molar-refractivity contribution in [1.82, 2.24) is 0 Å². The lowest BCUT2D eigenvalue weighted by molar-refractivity contribution is -0.229. The molecule has 2 spiro atoms. The maximum atomic E-state index is 6.90. The van der Waals surface area contributed by atoms with E-state index in [1.807, 2.05) is 12.1 Å². The molecular weight excluding hydrogens is 480 g/mol. The highest BCUT2D eigenvalue weighted by Crippen LogP contribution is 2.52. The van der Waals surface area contributed by atoms with Crippen LogP contribution in [0.15, 0.2) is 60.7 Å². The minimum atomic E-state index is -0.558. The van der Waals surface area contributed by atoms with E-state index in [0.717, 1.165) is 62.5 Å². The van der Waals surface area contributed by atoms with Crippen LogP contribution in [-0.4, -0.2) is 48.2 Å². The minimum absolute atomic E-state index is 0.263. The van der Waals surface area contributed by atoms with Gasteiger partial charge in [-0.1, -0.05) is 73.5 Å². The van der Waals surface area contributed by atoms with Crippen LogP contribution >= 0.6 is 0 Å². The lowest BCUT2D eigenvalue weighted by atomic mass is 9.84. The fourth-order valence-electron chi connectivity index (χ4n) is 7.27. The summed E-state index contributed by atoms with van der Waals surface area (Å²) in [6.45, 7) is 1.00. The van der Waals surface area contributed by atoms with Crippen molar-refractivity contribution in [2.45, 2.75) is 126 Å². The third-order valence-electron chi connectivity index (χ3n) is 9.15. The highest BCUT2D eigenvalue weighted by atomic mass is 16.8. The van der Waals surface area contributed by atoms with Gasteiger partial charge in [0.2, 0.25) is 0 Å². The van der Waals surface area contributed by atoms with E-state index < -0.39 is 11.6 Å². The van der Waals surface area contributed by atoms with Gasteiger partial charge in [-0.05, 0) is 36.8 Å². The van der Waals surface area contributed by atoms with E-state index in [1.54, 1.807) is 0 Å². The van der Waals surface area contributed by atoms with Gasteiger partial charge < -0.3 is 28.4 Å². The third-order valence-corrected chi connectivity index (χ3v) is 9.15. The number of fused-ring (bicyclic) bond motifs is 2. The van der Waals surface area contributed by atoms with Crippen molar-refractivity contribution < 1.29 is 28.4 Å². The quantitative estimate of drug-likeness (QED) is 0.462. The van der Waals surface area contributed by atoms with Gasteiger partial charge >= 0.3 is 0 Å². The van der Waals surface area contributed by atoms with Gasteiger partial charge in [0.25, 0.3) is 0 Å². The molecular formula is C32H40O6. The molecule has 3 saturated carbocycles. The van der Waals surface area contributed by atoms with Crippen LogP contribution in [0, 0.1) is 0 Å². The Balaban J connectivity index is 1.20. The van der Waals surface area contributed by atoms with Crippen LogP contribution < -0.4 is 0 Å². The first kappa shape index (κ1) is 25.2. The molecule has 2 saturated heterocycles. The Bertz CT molecular complexity index is 935. The second-order valence-electron chi connectivity index (χ2n) is 11.8. The van der Waals surface area contributed by atoms with Crippen LogP contribution in [0.4, 0.5) is 0 Å². The lowest BCUT2D eigenvalue weighted by Crippen LogP contribution is -2.62. The molecule has 2 aliphatic heterocycles. The van der Waals surface area contributed by atoms with Crippen LogP contribution in [0.3, 0.4) is 0 Å². The average molecular weight is 521 g/mol. The Morgan fingerprint density at radius 3 is 1.18 bits per heavy atom. The smallest absolute Gasteiger partial charge is 0.169 e. The number of hydrogen-bond donors (Lipinski definition) is 0. The highest BCUT2D eigenvalue weighted by molar-refractivity contribution is 5.16. The van der Waals surface area contributed by atoms with Crippen LogP contribution in [-0.2, 0) is 41.6 Å². The molecule has 3 aliphatic carbocycles. The molecule has 0 amide bonds. The molecule has 38 heavy (non-hydrogen) atoms. The van der Waals surface area contributed by atoms with Crippen LogP contribution in [0.25, 0.3) is 0 Å². The summed E-state index contributed by atoms with van der Waals surface area (Å²) >= 11 is 0. The van der Waals surface area contributed by atoms with E-state index in [9.17, 15) is 0 Å². The van der Waals surface area contributed by atoms with Crippen molar-refractivity contribution >= 4 is 0 Å². The molecule has 0 unspecified atom stereocenters. The van der Waals surface area contributed by atoms with E-state index in [-0.39, 0.29) is 36.6 Å².